The van der Waals surface area contributed by atoms with Gasteiger partial charge in [0.05, 0.1) is 6.54 Å². The number of hydrogen-bond acceptors (Lipinski definition) is 2. The van der Waals surface area contributed by atoms with Crippen LogP contribution in [0.5, 0.6) is 0 Å². The van der Waals surface area contributed by atoms with Gasteiger partial charge in [0.15, 0.2) is 0 Å². The number of rotatable bonds is 3. The molecule has 2 amide bonds. The standard InChI is InChI=1S/C16H20N2O2/c19-15(17-13-6-2-3-7-13)11-18-10-9-12-5-1-4-8-14(12)16(18)20/h1,4-5,8,13H,2-3,6-7,9-11H2,(H,17,19). The highest BCUT2D eigenvalue weighted by Gasteiger charge is 2.26. The molecular weight excluding hydrogens is 252 g/mol. The van der Waals surface area contributed by atoms with E-state index in [1.54, 1.807) is 4.90 Å². The Morgan fingerprint density at radius 3 is 2.80 bits per heavy atom. The summed E-state index contributed by atoms with van der Waals surface area (Å²) in [5.41, 5.74) is 1.83. The summed E-state index contributed by atoms with van der Waals surface area (Å²) >= 11 is 0. The van der Waals surface area contributed by atoms with E-state index in [1.807, 2.05) is 24.3 Å². The molecule has 0 saturated heterocycles. The molecule has 2 aliphatic rings. The highest BCUT2D eigenvalue weighted by atomic mass is 16.2. The molecule has 0 aromatic heterocycles. The second-order valence-corrected chi connectivity index (χ2v) is 5.68. The second kappa shape index (κ2) is 5.65. The van der Waals surface area contributed by atoms with Crippen LogP contribution in [0.4, 0.5) is 0 Å². The SMILES string of the molecule is O=C(CN1CCc2ccccc2C1=O)NC1CCCC1. The van der Waals surface area contributed by atoms with Crippen LogP contribution in [0.2, 0.25) is 0 Å². The summed E-state index contributed by atoms with van der Waals surface area (Å²) in [6, 6.07) is 7.98. The van der Waals surface area contributed by atoms with Gasteiger partial charge in [-0.25, -0.2) is 0 Å². The lowest BCUT2D eigenvalue weighted by Crippen LogP contribution is -2.46. The fourth-order valence-corrected chi connectivity index (χ4v) is 3.14. The van der Waals surface area contributed by atoms with Crippen LogP contribution in [-0.2, 0) is 11.2 Å². The predicted octanol–water partition coefficient (Wildman–Crippen LogP) is 1.74. The third-order valence-electron chi connectivity index (χ3n) is 4.24. The minimum Gasteiger partial charge on any atom is -0.352 e. The molecule has 4 nitrogen and oxygen atoms in total. The van der Waals surface area contributed by atoms with Crippen LogP contribution in [0.3, 0.4) is 0 Å². The number of hydrogen-bond donors (Lipinski definition) is 1. The van der Waals surface area contributed by atoms with Crippen LogP contribution >= 0.6 is 0 Å². The zero-order valence-electron chi connectivity index (χ0n) is 11.6. The fraction of sp³-hybridized carbons (Fsp3) is 0.500. The summed E-state index contributed by atoms with van der Waals surface area (Å²) in [6.45, 7) is 0.817. The van der Waals surface area contributed by atoms with Crippen molar-refractivity contribution in [3.8, 4) is 0 Å². The molecule has 1 heterocycles. The Bertz CT molecular complexity index is 521. The van der Waals surface area contributed by atoms with Crippen molar-refractivity contribution < 1.29 is 9.59 Å². The van der Waals surface area contributed by atoms with Crippen LogP contribution in [0, 0.1) is 0 Å². The van der Waals surface area contributed by atoms with Gasteiger partial charge in [-0.2, -0.15) is 0 Å². The number of nitrogens with one attached hydrogen (secondary N) is 1. The number of nitrogens with zero attached hydrogens (tertiary/aromatic N) is 1. The Hall–Kier alpha value is -1.84. The first kappa shape index (κ1) is 13.2. The topological polar surface area (TPSA) is 49.4 Å². The molecular formula is C16H20N2O2. The van der Waals surface area contributed by atoms with Gasteiger partial charge in [-0.05, 0) is 30.9 Å². The highest BCUT2D eigenvalue weighted by Crippen LogP contribution is 2.19. The Morgan fingerprint density at radius 2 is 2.00 bits per heavy atom. The van der Waals surface area contributed by atoms with Crippen LogP contribution in [0.25, 0.3) is 0 Å². The number of carbonyl (C=O) groups excluding carboxylic acids is 2. The second-order valence-electron chi connectivity index (χ2n) is 5.68. The van der Waals surface area contributed by atoms with Crippen LogP contribution in [0.1, 0.15) is 41.6 Å². The largest absolute Gasteiger partial charge is 0.352 e. The van der Waals surface area contributed by atoms with E-state index in [0.717, 1.165) is 30.4 Å². The van der Waals surface area contributed by atoms with Gasteiger partial charge in [0.25, 0.3) is 5.91 Å². The first-order chi connectivity index (χ1) is 9.74. The van der Waals surface area contributed by atoms with Crippen molar-refractivity contribution in [2.75, 3.05) is 13.1 Å². The van der Waals surface area contributed by atoms with E-state index in [2.05, 4.69) is 5.32 Å². The maximum Gasteiger partial charge on any atom is 0.254 e. The fourth-order valence-electron chi connectivity index (χ4n) is 3.14. The average molecular weight is 272 g/mol. The van der Waals surface area contributed by atoms with Gasteiger partial charge in [0.2, 0.25) is 5.91 Å². The first-order valence-corrected chi connectivity index (χ1v) is 7.40. The Kier molecular flexibility index (Phi) is 3.72. The number of amides is 2. The minimum absolute atomic E-state index is 0.0200. The van der Waals surface area contributed by atoms with Crippen molar-refractivity contribution in [1.82, 2.24) is 10.2 Å². The van der Waals surface area contributed by atoms with Crippen molar-refractivity contribution in [3.05, 3.63) is 35.4 Å². The van der Waals surface area contributed by atoms with Crippen LogP contribution < -0.4 is 5.32 Å². The van der Waals surface area contributed by atoms with E-state index < -0.39 is 0 Å². The maximum absolute atomic E-state index is 12.3. The van der Waals surface area contributed by atoms with E-state index in [1.165, 1.54) is 12.8 Å². The first-order valence-electron chi connectivity index (χ1n) is 7.40. The van der Waals surface area contributed by atoms with Crippen molar-refractivity contribution in [1.29, 1.82) is 0 Å². The lowest BCUT2D eigenvalue weighted by Gasteiger charge is -2.28. The molecule has 106 valence electrons. The summed E-state index contributed by atoms with van der Waals surface area (Å²) in [4.78, 5) is 26.0. The molecule has 4 heteroatoms. The van der Waals surface area contributed by atoms with Crippen molar-refractivity contribution in [2.45, 2.75) is 38.1 Å². The van der Waals surface area contributed by atoms with Gasteiger partial charge in [-0.15, -0.1) is 0 Å². The molecule has 1 fully saturated rings. The average Bonchev–Trinajstić information content (AvgIpc) is 2.95. The van der Waals surface area contributed by atoms with E-state index in [-0.39, 0.29) is 18.4 Å². The van der Waals surface area contributed by atoms with E-state index >= 15 is 0 Å². The van der Waals surface area contributed by atoms with Gasteiger partial charge < -0.3 is 10.2 Å². The molecule has 1 aliphatic heterocycles. The Balaban J connectivity index is 1.61. The molecule has 1 saturated carbocycles. The maximum atomic E-state index is 12.3. The zero-order valence-corrected chi connectivity index (χ0v) is 11.6. The van der Waals surface area contributed by atoms with Crippen molar-refractivity contribution in [3.63, 3.8) is 0 Å². The molecule has 1 aromatic carbocycles. The van der Waals surface area contributed by atoms with E-state index in [0.29, 0.717) is 12.6 Å². The van der Waals surface area contributed by atoms with Gasteiger partial charge in [0.1, 0.15) is 0 Å². The Labute approximate surface area is 119 Å². The van der Waals surface area contributed by atoms with Gasteiger partial charge >= 0.3 is 0 Å². The van der Waals surface area contributed by atoms with Crippen LogP contribution in [0.15, 0.2) is 24.3 Å². The molecule has 1 N–H and O–H groups in total. The van der Waals surface area contributed by atoms with Gasteiger partial charge in [0, 0.05) is 18.2 Å². The summed E-state index contributed by atoms with van der Waals surface area (Å²) < 4.78 is 0. The molecule has 0 unspecified atom stereocenters. The number of carbonyl (C=O) groups is 2. The smallest absolute Gasteiger partial charge is 0.254 e. The molecule has 20 heavy (non-hydrogen) atoms. The van der Waals surface area contributed by atoms with Gasteiger partial charge in [-0.3, -0.25) is 9.59 Å². The molecule has 3 rings (SSSR count). The molecule has 1 aliphatic carbocycles. The lowest BCUT2D eigenvalue weighted by molar-refractivity contribution is -0.122. The number of benzene rings is 1. The molecule has 0 radical (unpaired) electrons. The highest BCUT2D eigenvalue weighted by molar-refractivity contribution is 5.98. The third kappa shape index (κ3) is 2.69. The predicted molar refractivity (Wildman–Crippen MR) is 76.4 cm³/mol. The van der Waals surface area contributed by atoms with E-state index in [9.17, 15) is 9.59 Å². The quantitative estimate of drug-likeness (QED) is 0.911. The van der Waals surface area contributed by atoms with Crippen molar-refractivity contribution >= 4 is 11.8 Å². The summed E-state index contributed by atoms with van der Waals surface area (Å²) in [5, 5.41) is 3.04. The lowest BCUT2D eigenvalue weighted by atomic mass is 9.99. The zero-order chi connectivity index (χ0) is 13.9. The van der Waals surface area contributed by atoms with Crippen molar-refractivity contribution in [2.24, 2.45) is 0 Å². The summed E-state index contributed by atoms with van der Waals surface area (Å²) in [5.74, 6) is -0.0435. The van der Waals surface area contributed by atoms with Gasteiger partial charge in [-0.1, -0.05) is 31.0 Å². The molecule has 0 spiro atoms. The normalized spacial score (nSPS) is 19.0. The summed E-state index contributed by atoms with van der Waals surface area (Å²) in [7, 11) is 0. The monoisotopic (exact) mass is 272 g/mol. The molecule has 0 bridgehead atoms. The molecule has 1 aromatic rings. The third-order valence-corrected chi connectivity index (χ3v) is 4.24. The summed E-state index contributed by atoms with van der Waals surface area (Å²) in [6.07, 6.45) is 5.37. The van der Waals surface area contributed by atoms with E-state index in [4.69, 9.17) is 0 Å². The Morgan fingerprint density at radius 1 is 1.25 bits per heavy atom. The molecule has 0 atom stereocenters. The van der Waals surface area contributed by atoms with Crippen LogP contribution in [-0.4, -0.2) is 35.8 Å². The minimum atomic E-state index is -0.0235. The number of fused-ring (bicyclic) bond motifs is 1.